The zero-order valence-corrected chi connectivity index (χ0v) is 12.6. The van der Waals surface area contributed by atoms with Crippen molar-refractivity contribution in [3.8, 4) is 5.69 Å². The van der Waals surface area contributed by atoms with Crippen molar-refractivity contribution >= 4 is 5.91 Å². The predicted molar refractivity (Wildman–Crippen MR) is 81.8 cm³/mol. The molecule has 0 saturated heterocycles. The number of hydrogen-bond acceptors (Lipinski definition) is 4. The Kier molecular flexibility index (Phi) is 4.20. The fourth-order valence-corrected chi connectivity index (χ4v) is 2.83. The van der Waals surface area contributed by atoms with Crippen molar-refractivity contribution in [2.45, 2.75) is 32.3 Å². The quantitative estimate of drug-likeness (QED) is 0.896. The molecule has 1 saturated carbocycles. The second kappa shape index (κ2) is 6.27. The molecule has 6 heteroatoms. The van der Waals surface area contributed by atoms with Crippen LogP contribution in [0.5, 0.6) is 0 Å². The van der Waals surface area contributed by atoms with Gasteiger partial charge in [0.15, 0.2) is 5.69 Å². The Labute approximate surface area is 129 Å². The van der Waals surface area contributed by atoms with Crippen LogP contribution < -0.4 is 5.32 Å². The van der Waals surface area contributed by atoms with Gasteiger partial charge in [-0.15, -0.1) is 5.10 Å². The van der Waals surface area contributed by atoms with Crippen LogP contribution in [0.2, 0.25) is 0 Å². The maximum absolute atomic E-state index is 12.1. The molecule has 1 aromatic heterocycles. The third-order valence-electron chi connectivity index (χ3n) is 4.14. The summed E-state index contributed by atoms with van der Waals surface area (Å²) in [6, 6.07) is 7.83. The number of aliphatic hydroxyl groups is 1. The van der Waals surface area contributed by atoms with Crippen LogP contribution in [-0.4, -0.2) is 38.7 Å². The topological polar surface area (TPSA) is 80.0 Å². The van der Waals surface area contributed by atoms with Crippen molar-refractivity contribution in [3.05, 3.63) is 41.7 Å². The van der Waals surface area contributed by atoms with Gasteiger partial charge >= 0.3 is 0 Å². The van der Waals surface area contributed by atoms with Crippen molar-refractivity contribution in [1.29, 1.82) is 0 Å². The summed E-state index contributed by atoms with van der Waals surface area (Å²) in [6.07, 6.45) is 4.12. The minimum atomic E-state index is -0.303. The van der Waals surface area contributed by atoms with Crippen LogP contribution in [0.1, 0.15) is 35.3 Å². The molecule has 0 aliphatic heterocycles. The number of aryl methyl sites for hydroxylation is 1. The minimum Gasteiger partial charge on any atom is -0.393 e. The third kappa shape index (κ3) is 3.17. The maximum atomic E-state index is 12.1. The summed E-state index contributed by atoms with van der Waals surface area (Å²) in [5.74, 6) is -0.103. The molecule has 6 nitrogen and oxygen atoms in total. The molecule has 1 heterocycles. The molecule has 1 amide bonds. The summed E-state index contributed by atoms with van der Waals surface area (Å²) in [4.78, 5) is 12.1. The lowest BCUT2D eigenvalue weighted by molar-refractivity contribution is 0.0912. The van der Waals surface area contributed by atoms with Crippen molar-refractivity contribution < 1.29 is 9.90 Å². The Bertz CT molecular complexity index is 668. The molecule has 1 aliphatic rings. The van der Waals surface area contributed by atoms with Gasteiger partial charge in [0, 0.05) is 12.5 Å². The molecule has 0 spiro atoms. The highest BCUT2D eigenvalue weighted by atomic mass is 16.3. The Balaban J connectivity index is 1.64. The molecule has 2 unspecified atom stereocenters. The predicted octanol–water partition coefficient (Wildman–Crippen LogP) is 1.47. The highest BCUT2D eigenvalue weighted by Crippen LogP contribution is 2.24. The number of rotatable bonds is 4. The van der Waals surface area contributed by atoms with Crippen LogP contribution in [0.25, 0.3) is 5.69 Å². The zero-order chi connectivity index (χ0) is 15.5. The van der Waals surface area contributed by atoms with E-state index in [2.05, 4.69) is 15.6 Å². The van der Waals surface area contributed by atoms with Gasteiger partial charge in [-0.1, -0.05) is 23.8 Å². The summed E-state index contributed by atoms with van der Waals surface area (Å²) < 4.78 is 1.59. The first-order valence-electron chi connectivity index (χ1n) is 7.59. The van der Waals surface area contributed by atoms with E-state index in [1.165, 1.54) is 0 Å². The van der Waals surface area contributed by atoms with Gasteiger partial charge in [0.1, 0.15) is 0 Å². The summed E-state index contributed by atoms with van der Waals surface area (Å²) in [5, 5.41) is 20.5. The first kappa shape index (κ1) is 14.7. The molecule has 22 heavy (non-hydrogen) atoms. The summed E-state index contributed by atoms with van der Waals surface area (Å²) in [5.41, 5.74) is 2.28. The Morgan fingerprint density at radius 1 is 1.45 bits per heavy atom. The lowest BCUT2D eigenvalue weighted by Gasteiger charge is -2.14. The van der Waals surface area contributed by atoms with E-state index < -0.39 is 0 Å². The SMILES string of the molecule is Cc1cccc(-n2cc(C(=O)NCC3CCCC3O)nn2)c1. The number of aliphatic hydroxyl groups excluding tert-OH is 1. The number of amides is 1. The van der Waals surface area contributed by atoms with Gasteiger partial charge in [0.25, 0.3) is 5.91 Å². The van der Waals surface area contributed by atoms with Crippen LogP contribution in [0.4, 0.5) is 0 Å². The van der Waals surface area contributed by atoms with E-state index in [0.717, 1.165) is 30.5 Å². The fourth-order valence-electron chi connectivity index (χ4n) is 2.83. The number of carbonyl (C=O) groups excluding carboxylic acids is 1. The smallest absolute Gasteiger partial charge is 0.273 e. The van der Waals surface area contributed by atoms with Crippen LogP contribution in [-0.2, 0) is 0 Å². The fraction of sp³-hybridized carbons (Fsp3) is 0.438. The normalized spacial score (nSPS) is 21.0. The van der Waals surface area contributed by atoms with Gasteiger partial charge in [-0.05, 0) is 37.5 Å². The average molecular weight is 300 g/mol. The van der Waals surface area contributed by atoms with Crippen LogP contribution in [0, 0.1) is 12.8 Å². The second-order valence-corrected chi connectivity index (χ2v) is 5.86. The molecule has 1 aromatic carbocycles. The molecule has 2 aromatic rings. The maximum Gasteiger partial charge on any atom is 0.273 e. The van der Waals surface area contributed by atoms with Gasteiger partial charge in [0.05, 0.1) is 18.0 Å². The van der Waals surface area contributed by atoms with Crippen LogP contribution >= 0.6 is 0 Å². The van der Waals surface area contributed by atoms with Crippen LogP contribution in [0.15, 0.2) is 30.5 Å². The molecule has 2 atom stereocenters. The van der Waals surface area contributed by atoms with E-state index in [4.69, 9.17) is 0 Å². The van der Waals surface area contributed by atoms with Crippen molar-refractivity contribution in [1.82, 2.24) is 20.3 Å². The van der Waals surface area contributed by atoms with E-state index >= 15 is 0 Å². The number of carbonyl (C=O) groups is 1. The largest absolute Gasteiger partial charge is 0.393 e. The monoisotopic (exact) mass is 300 g/mol. The van der Waals surface area contributed by atoms with Gasteiger partial charge in [-0.2, -0.15) is 0 Å². The van der Waals surface area contributed by atoms with Crippen LogP contribution in [0.3, 0.4) is 0 Å². The molecular formula is C16H20N4O2. The van der Waals surface area contributed by atoms with E-state index in [-0.39, 0.29) is 23.6 Å². The Hall–Kier alpha value is -2.21. The summed E-state index contributed by atoms with van der Waals surface area (Å²) >= 11 is 0. The first-order valence-corrected chi connectivity index (χ1v) is 7.59. The summed E-state index contributed by atoms with van der Waals surface area (Å²) in [6.45, 7) is 2.48. The zero-order valence-electron chi connectivity index (χ0n) is 12.6. The molecule has 3 rings (SSSR count). The standard InChI is InChI=1S/C16H20N4O2/c1-11-4-2-6-13(8-11)20-10-14(18-19-20)16(22)17-9-12-5-3-7-15(12)21/h2,4,6,8,10,12,15,21H,3,5,7,9H2,1H3,(H,17,22). The summed E-state index contributed by atoms with van der Waals surface area (Å²) in [7, 11) is 0. The second-order valence-electron chi connectivity index (χ2n) is 5.86. The van der Waals surface area contributed by atoms with Gasteiger partial charge < -0.3 is 10.4 Å². The lowest BCUT2D eigenvalue weighted by atomic mass is 10.1. The Morgan fingerprint density at radius 3 is 3.05 bits per heavy atom. The van der Waals surface area contributed by atoms with E-state index in [1.807, 2.05) is 31.2 Å². The minimum absolute atomic E-state index is 0.149. The molecule has 0 radical (unpaired) electrons. The molecule has 116 valence electrons. The highest BCUT2D eigenvalue weighted by Gasteiger charge is 2.25. The van der Waals surface area contributed by atoms with Gasteiger partial charge in [-0.25, -0.2) is 4.68 Å². The van der Waals surface area contributed by atoms with Crippen molar-refractivity contribution in [2.75, 3.05) is 6.54 Å². The first-order chi connectivity index (χ1) is 10.6. The Morgan fingerprint density at radius 2 is 2.32 bits per heavy atom. The van der Waals surface area contributed by atoms with Gasteiger partial charge in [-0.3, -0.25) is 4.79 Å². The van der Waals surface area contributed by atoms with Gasteiger partial charge in [0.2, 0.25) is 0 Å². The van der Waals surface area contributed by atoms with E-state index in [9.17, 15) is 9.90 Å². The molecule has 0 bridgehead atoms. The van der Waals surface area contributed by atoms with Crippen molar-refractivity contribution in [2.24, 2.45) is 5.92 Å². The highest BCUT2D eigenvalue weighted by molar-refractivity contribution is 5.91. The number of hydrogen-bond donors (Lipinski definition) is 2. The third-order valence-corrected chi connectivity index (χ3v) is 4.14. The average Bonchev–Trinajstić information content (AvgIpc) is 3.14. The number of benzene rings is 1. The van der Waals surface area contributed by atoms with Crippen molar-refractivity contribution in [3.63, 3.8) is 0 Å². The molecule has 2 N–H and O–H groups in total. The molecule has 1 aliphatic carbocycles. The molecular weight excluding hydrogens is 280 g/mol. The lowest BCUT2D eigenvalue weighted by Crippen LogP contribution is -2.32. The van der Waals surface area contributed by atoms with E-state index in [0.29, 0.717) is 6.54 Å². The van der Waals surface area contributed by atoms with E-state index in [1.54, 1.807) is 10.9 Å². The number of aromatic nitrogens is 3. The number of nitrogens with zero attached hydrogens (tertiary/aromatic N) is 3. The molecule has 1 fully saturated rings. The number of nitrogens with one attached hydrogen (secondary N) is 1.